The normalized spacial score (nSPS) is 12.2. The molecule has 0 radical (unpaired) electrons. The lowest BCUT2D eigenvalue weighted by molar-refractivity contribution is 0.403. The number of benzene rings is 1. The molecule has 0 aliphatic carbocycles. The van der Waals surface area contributed by atoms with Crippen molar-refractivity contribution in [2.45, 2.75) is 19.5 Å². The summed E-state index contributed by atoms with van der Waals surface area (Å²) in [6.07, 6.45) is 1.70. The number of anilines is 1. The summed E-state index contributed by atoms with van der Waals surface area (Å²) in [6.45, 7) is 2.85. The maximum absolute atomic E-state index is 5.50. The van der Waals surface area contributed by atoms with E-state index in [2.05, 4.69) is 30.3 Å². The average molecular weight is 274 g/mol. The van der Waals surface area contributed by atoms with E-state index in [9.17, 15) is 0 Å². The Morgan fingerprint density at radius 3 is 2.70 bits per heavy atom. The van der Waals surface area contributed by atoms with Crippen LogP contribution in [0.1, 0.15) is 24.3 Å². The Kier molecular flexibility index (Phi) is 4.69. The van der Waals surface area contributed by atoms with Gasteiger partial charge in [0.05, 0.1) is 19.9 Å². The molecule has 1 atom stereocenters. The van der Waals surface area contributed by atoms with Gasteiger partial charge < -0.3 is 19.4 Å². The van der Waals surface area contributed by atoms with E-state index >= 15 is 0 Å². The minimum atomic E-state index is 0.209. The highest BCUT2D eigenvalue weighted by atomic mass is 16.5. The zero-order valence-corrected chi connectivity index (χ0v) is 12.5. The molecule has 0 fully saturated rings. The van der Waals surface area contributed by atoms with Crippen LogP contribution in [0, 0.1) is 0 Å². The van der Waals surface area contributed by atoms with Crippen molar-refractivity contribution in [1.29, 1.82) is 0 Å². The van der Waals surface area contributed by atoms with Crippen LogP contribution in [-0.4, -0.2) is 21.2 Å². The number of methoxy groups -OCH3 is 1. The number of ether oxygens (including phenoxy) is 1. The third kappa shape index (κ3) is 2.96. The average Bonchev–Trinajstić information content (AvgIpc) is 2.98. The van der Waals surface area contributed by atoms with Crippen LogP contribution >= 0.6 is 0 Å². The summed E-state index contributed by atoms with van der Waals surface area (Å²) in [4.78, 5) is 2.17. The van der Waals surface area contributed by atoms with E-state index in [-0.39, 0.29) is 6.04 Å². The van der Waals surface area contributed by atoms with Crippen LogP contribution < -0.4 is 15.0 Å². The Morgan fingerprint density at radius 2 is 2.10 bits per heavy atom. The molecule has 0 amide bonds. The SMILES string of the molecule is CNC(C)c1c(OC)cccc1N(C)Cc1ccco1. The molecule has 2 aromatic rings. The molecule has 0 aliphatic rings. The van der Waals surface area contributed by atoms with Gasteiger partial charge in [-0.2, -0.15) is 0 Å². The first-order chi connectivity index (χ1) is 9.67. The predicted octanol–water partition coefficient (Wildman–Crippen LogP) is 3.21. The summed E-state index contributed by atoms with van der Waals surface area (Å²) < 4.78 is 10.9. The third-order valence-corrected chi connectivity index (χ3v) is 3.51. The molecular formula is C16H22N2O2. The van der Waals surface area contributed by atoms with Gasteiger partial charge in [0.25, 0.3) is 0 Å². The Bertz CT molecular complexity index is 537. The lowest BCUT2D eigenvalue weighted by Crippen LogP contribution is -2.22. The Hall–Kier alpha value is -1.94. The van der Waals surface area contributed by atoms with Gasteiger partial charge in [-0.05, 0) is 38.2 Å². The molecule has 2 rings (SSSR count). The van der Waals surface area contributed by atoms with Gasteiger partial charge in [0.1, 0.15) is 11.5 Å². The van der Waals surface area contributed by atoms with E-state index in [1.807, 2.05) is 31.3 Å². The van der Waals surface area contributed by atoms with Gasteiger partial charge in [-0.3, -0.25) is 0 Å². The topological polar surface area (TPSA) is 37.6 Å². The molecule has 20 heavy (non-hydrogen) atoms. The second-order valence-electron chi connectivity index (χ2n) is 4.84. The standard InChI is InChI=1S/C16H22N2O2/c1-12(17-2)16-14(8-5-9-15(16)19-4)18(3)11-13-7-6-10-20-13/h5-10,12,17H,11H2,1-4H3. The molecule has 0 saturated heterocycles. The molecule has 1 N–H and O–H groups in total. The van der Waals surface area contributed by atoms with Crippen LogP contribution in [0.5, 0.6) is 5.75 Å². The first-order valence-electron chi connectivity index (χ1n) is 6.75. The number of hydrogen-bond donors (Lipinski definition) is 1. The maximum Gasteiger partial charge on any atom is 0.125 e. The van der Waals surface area contributed by atoms with Crippen molar-refractivity contribution in [1.82, 2.24) is 5.32 Å². The van der Waals surface area contributed by atoms with Crippen molar-refractivity contribution in [2.24, 2.45) is 0 Å². The van der Waals surface area contributed by atoms with Crippen molar-refractivity contribution >= 4 is 5.69 Å². The summed E-state index contributed by atoms with van der Waals surface area (Å²) >= 11 is 0. The first kappa shape index (κ1) is 14.5. The van der Waals surface area contributed by atoms with E-state index in [1.165, 1.54) is 0 Å². The van der Waals surface area contributed by atoms with E-state index in [1.54, 1.807) is 13.4 Å². The van der Waals surface area contributed by atoms with Gasteiger partial charge >= 0.3 is 0 Å². The highest BCUT2D eigenvalue weighted by Crippen LogP contribution is 2.34. The molecule has 4 heteroatoms. The number of nitrogens with zero attached hydrogens (tertiary/aromatic N) is 1. The van der Waals surface area contributed by atoms with Crippen molar-refractivity contribution < 1.29 is 9.15 Å². The van der Waals surface area contributed by atoms with E-state index in [4.69, 9.17) is 9.15 Å². The monoisotopic (exact) mass is 274 g/mol. The largest absolute Gasteiger partial charge is 0.496 e. The second kappa shape index (κ2) is 6.48. The van der Waals surface area contributed by atoms with Crippen molar-refractivity contribution in [3.05, 3.63) is 47.9 Å². The number of nitrogens with one attached hydrogen (secondary N) is 1. The van der Waals surface area contributed by atoms with Crippen LogP contribution in [0.15, 0.2) is 41.0 Å². The fourth-order valence-electron chi connectivity index (χ4n) is 2.34. The van der Waals surface area contributed by atoms with Gasteiger partial charge in [0, 0.05) is 24.3 Å². The molecule has 4 nitrogen and oxygen atoms in total. The highest BCUT2D eigenvalue weighted by molar-refractivity contribution is 5.60. The van der Waals surface area contributed by atoms with Crippen molar-refractivity contribution in [3.63, 3.8) is 0 Å². The molecule has 0 spiro atoms. The fourth-order valence-corrected chi connectivity index (χ4v) is 2.34. The van der Waals surface area contributed by atoms with Gasteiger partial charge in [0.15, 0.2) is 0 Å². The lowest BCUT2D eigenvalue weighted by atomic mass is 10.0. The first-order valence-corrected chi connectivity index (χ1v) is 6.75. The smallest absolute Gasteiger partial charge is 0.125 e. The molecular weight excluding hydrogens is 252 g/mol. The summed E-state index contributed by atoms with van der Waals surface area (Å²) in [5.74, 6) is 1.84. The molecule has 108 valence electrons. The molecule has 1 aromatic heterocycles. The van der Waals surface area contributed by atoms with Gasteiger partial charge in [0.2, 0.25) is 0 Å². The fraction of sp³-hybridized carbons (Fsp3) is 0.375. The van der Waals surface area contributed by atoms with Gasteiger partial charge in [-0.25, -0.2) is 0 Å². The predicted molar refractivity (Wildman–Crippen MR) is 81.3 cm³/mol. The van der Waals surface area contributed by atoms with Crippen LogP contribution in [0.4, 0.5) is 5.69 Å². The molecule has 0 bridgehead atoms. The summed E-state index contributed by atoms with van der Waals surface area (Å²) in [6, 6.07) is 10.2. The Labute approximate surface area is 120 Å². The van der Waals surface area contributed by atoms with Crippen LogP contribution in [-0.2, 0) is 6.54 Å². The van der Waals surface area contributed by atoms with Gasteiger partial charge in [-0.1, -0.05) is 6.07 Å². The summed E-state index contributed by atoms with van der Waals surface area (Å²) in [5, 5.41) is 3.28. The summed E-state index contributed by atoms with van der Waals surface area (Å²) in [7, 11) is 5.72. The number of rotatable bonds is 6. The maximum atomic E-state index is 5.50. The highest BCUT2D eigenvalue weighted by Gasteiger charge is 2.17. The molecule has 1 heterocycles. The van der Waals surface area contributed by atoms with Crippen LogP contribution in [0.25, 0.3) is 0 Å². The Morgan fingerprint density at radius 1 is 1.30 bits per heavy atom. The minimum absolute atomic E-state index is 0.209. The van der Waals surface area contributed by atoms with E-state index in [0.29, 0.717) is 0 Å². The number of furan rings is 1. The minimum Gasteiger partial charge on any atom is -0.496 e. The van der Waals surface area contributed by atoms with Crippen LogP contribution in [0.2, 0.25) is 0 Å². The molecule has 0 saturated carbocycles. The van der Waals surface area contributed by atoms with Crippen molar-refractivity contribution in [3.8, 4) is 5.75 Å². The van der Waals surface area contributed by atoms with E-state index < -0.39 is 0 Å². The molecule has 0 aliphatic heterocycles. The molecule has 1 unspecified atom stereocenters. The quantitative estimate of drug-likeness (QED) is 0.877. The van der Waals surface area contributed by atoms with Crippen molar-refractivity contribution in [2.75, 3.05) is 26.1 Å². The van der Waals surface area contributed by atoms with Crippen LogP contribution in [0.3, 0.4) is 0 Å². The number of hydrogen-bond acceptors (Lipinski definition) is 4. The zero-order chi connectivity index (χ0) is 14.5. The lowest BCUT2D eigenvalue weighted by Gasteiger charge is -2.26. The van der Waals surface area contributed by atoms with Gasteiger partial charge in [-0.15, -0.1) is 0 Å². The third-order valence-electron chi connectivity index (χ3n) is 3.51. The summed E-state index contributed by atoms with van der Waals surface area (Å²) in [5.41, 5.74) is 2.30. The second-order valence-corrected chi connectivity index (χ2v) is 4.84. The Balaban J connectivity index is 2.34. The molecule has 1 aromatic carbocycles. The van der Waals surface area contributed by atoms with E-state index in [0.717, 1.165) is 29.3 Å². The zero-order valence-electron chi connectivity index (χ0n) is 12.5.